The first kappa shape index (κ1) is 70.6. The zero-order chi connectivity index (χ0) is 52.2. The van der Waals surface area contributed by atoms with Crippen molar-refractivity contribution in [1.29, 1.82) is 0 Å². The molecule has 3 N–H and O–H groups in total. The van der Waals surface area contributed by atoms with E-state index in [1.54, 1.807) is 0 Å². The van der Waals surface area contributed by atoms with E-state index in [1.165, 1.54) is 295 Å². The number of unbranched alkanes of at least 4 members (excludes halogenated alkanes) is 49. The molecule has 0 aliphatic carbocycles. The van der Waals surface area contributed by atoms with Crippen molar-refractivity contribution in [2.24, 2.45) is 0 Å². The van der Waals surface area contributed by atoms with Crippen LogP contribution in [0.25, 0.3) is 0 Å². The molecule has 0 bridgehead atoms. The smallest absolute Gasteiger partial charge is 0.305 e. The number of nitrogens with one attached hydrogen (secondary N) is 1. The largest absolute Gasteiger partial charge is 0.466 e. The molecule has 0 radical (unpaired) electrons. The second-order valence-electron chi connectivity index (χ2n) is 22.8. The molecule has 0 aromatic carbocycles. The minimum atomic E-state index is -0.664. The van der Waals surface area contributed by atoms with Crippen molar-refractivity contribution in [3.8, 4) is 0 Å². The van der Waals surface area contributed by atoms with Crippen LogP contribution in [0.4, 0.5) is 0 Å². The fraction of sp³-hybridized carbons (Fsp3) is 0.939. The van der Waals surface area contributed by atoms with Gasteiger partial charge >= 0.3 is 5.97 Å². The van der Waals surface area contributed by atoms with Crippen molar-refractivity contribution in [3.63, 3.8) is 0 Å². The predicted octanol–water partition coefficient (Wildman–Crippen LogP) is 20.8. The number of allylic oxidation sites excluding steroid dienone is 2. The number of aliphatic hydroxyl groups excluding tert-OH is 2. The molecular formula is C66H129NO5. The van der Waals surface area contributed by atoms with Crippen molar-refractivity contribution < 1.29 is 24.5 Å². The monoisotopic (exact) mass is 1020 g/mol. The van der Waals surface area contributed by atoms with Crippen LogP contribution in [0.3, 0.4) is 0 Å². The fourth-order valence-electron chi connectivity index (χ4n) is 10.5. The molecule has 2 atom stereocenters. The Hall–Kier alpha value is -1.40. The number of rotatable bonds is 62. The molecule has 2 unspecified atom stereocenters. The Morgan fingerprint density at radius 2 is 0.667 bits per heavy atom. The molecule has 0 saturated heterocycles. The van der Waals surface area contributed by atoms with Crippen LogP contribution >= 0.6 is 0 Å². The summed E-state index contributed by atoms with van der Waals surface area (Å²) >= 11 is 0. The van der Waals surface area contributed by atoms with Crippen LogP contribution in [0.2, 0.25) is 0 Å². The highest BCUT2D eigenvalue weighted by atomic mass is 16.5. The number of carbonyl (C=O) groups is 2. The average molecular weight is 1020 g/mol. The molecule has 6 heteroatoms. The quantitative estimate of drug-likeness (QED) is 0.0320. The van der Waals surface area contributed by atoms with Gasteiger partial charge in [0.05, 0.1) is 25.4 Å². The lowest BCUT2D eigenvalue weighted by molar-refractivity contribution is -0.143. The zero-order valence-electron chi connectivity index (χ0n) is 48.9. The summed E-state index contributed by atoms with van der Waals surface area (Å²) in [5.74, 6) is -0.0244. The second kappa shape index (κ2) is 62.1. The van der Waals surface area contributed by atoms with E-state index in [0.29, 0.717) is 25.9 Å². The molecular weight excluding hydrogens is 887 g/mol. The van der Waals surface area contributed by atoms with Crippen molar-refractivity contribution in [1.82, 2.24) is 5.32 Å². The minimum Gasteiger partial charge on any atom is -0.466 e. The maximum absolute atomic E-state index is 12.5. The summed E-state index contributed by atoms with van der Waals surface area (Å²) in [4.78, 5) is 24.5. The predicted molar refractivity (Wildman–Crippen MR) is 315 cm³/mol. The lowest BCUT2D eigenvalue weighted by Gasteiger charge is -2.22. The van der Waals surface area contributed by atoms with Crippen LogP contribution in [0, 0.1) is 0 Å². The normalized spacial score (nSPS) is 12.6. The van der Waals surface area contributed by atoms with E-state index in [0.717, 1.165) is 44.9 Å². The van der Waals surface area contributed by atoms with E-state index >= 15 is 0 Å². The van der Waals surface area contributed by atoms with Crippen LogP contribution in [-0.4, -0.2) is 47.4 Å². The van der Waals surface area contributed by atoms with Gasteiger partial charge in [0.15, 0.2) is 0 Å². The van der Waals surface area contributed by atoms with Gasteiger partial charge in [-0.15, -0.1) is 0 Å². The molecule has 0 aromatic rings. The highest BCUT2D eigenvalue weighted by Crippen LogP contribution is 2.19. The third-order valence-electron chi connectivity index (χ3n) is 15.6. The van der Waals surface area contributed by atoms with Gasteiger partial charge in [0.25, 0.3) is 0 Å². The van der Waals surface area contributed by atoms with E-state index in [4.69, 9.17) is 4.74 Å². The Morgan fingerprint density at radius 3 is 1.03 bits per heavy atom. The van der Waals surface area contributed by atoms with Gasteiger partial charge in [-0.25, -0.2) is 0 Å². The molecule has 6 nitrogen and oxygen atoms in total. The maximum atomic E-state index is 12.5. The van der Waals surface area contributed by atoms with Gasteiger partial charge in [-0.05, 0) is 44.9 Å². The molecule has 0 aliphatic heterocycles. The summed E-state index contributed by atoms with van der Waals surface area (Å²) in [6.45, 7) is 4.95. The summed E-state index contributed by atoms with van der Waals surface area (Å²) in [7, 11) is 0. The Kier molecular flexibility index (Phi) is 60.9. The molecule has 0 fully saturated rings. The molecule has 0 aliphatic rings. The number of aliphatic hydroxyl groups is 2. The van der Waals surface area contributed by atoms with Crippen molar-refractivity contribution in [3.05, 3.63) is 12.2 Å². The number of esters is 1. The van der Waals surface area contributed by atoms with Crippen LogP contribution < -0.4 is 5.32 Å². The van der Waals surface area contributed by atoms with Gasteiger partial charge in [0.2, 0.25) is 5.91 Å². The van der Waals surface area contributed by atoms with E-state index in [1.807, 2.05) is 0 Å². The standard InChI is InChI=1S/C66H129NO5/c1-3-5-7-9-11-13-15-16-17-18-19-26-29-32-35-39-42-46-50-54-58-64(69)63(62-68)67-65(70)59-55-51-47-43-40-36-33-30-27-24-22-20-21-23-25-28-31-34-37-41-45-49-53-57-61-72-66(71)60-56-52-48-44-38-14-12-10-8-6-4-2/h10,12,63-64,68-69H,3-9,11,13-62H2,1-2H3,(H,67,70)/b12-10-. The number of ether oxygens (including phenoxy) is 1. The number of carbonyl (C=O) groups excluding carboxylic acids is 2. The van der Waals surface area contributed by atoms with Gasteiger partial charge in [0.1, 0.15) is 0 Å². The van der Waals surface area contributed by atoms with E-state index in [2.05, 4.69) is 31.3 Å². The van der Waals surface area contributed by atoms with Gasteiger partial charge < -0.3 is 20.3 Å². The molecule has 1 amide bonds. The molecule has 428 valence electrons. The first-order chi connectivity index (χ1) is 35.5. The van der Waals surface area contributed by atoms with Gasteiger partial charge in [0, 0.05) is 12.8 Å². The maximum Gasteiger partial charge on any atom is 0.305 e. The lowest BCUT2D eigenvalue weighted by atomic mass is 10.0. The summed E-state index contributed by atoms with van der Waals surface area (Å²) in [5.41, 5.74) is 0. The summed E-state index contributed by atoms with van der Waals surface area (Å²) in [6, 6.07) is -0.541. The SMILES string of the molecule is CCCC/C=C\CCCCCCCC(=O)OCCCCCCCCCCCCCCCCCCCCCCCCCCC(=O)NC(CO)C(O)CCCCCCCCCCCCCCCCCCCCCC. The number of amides is 1. The van der Waals surface area contributed by atoms with Gasteiger partial charge in [-0.3, -0.25) is 9.59 Å². The van der Waals surface area contributed by atoms with E-state index in [-0.39, 0.29) is 18.5 Å². The molecule has 0 saturated carbocycles. The number of hydrogen-bond donors (Lipinski definition) is 3. The molecule has 0 rings (SSSR count). The lowest BCUT2D eigenvalue weighted by Crippen LogP contribution is -2.45. The number of hydrogen-bond acceptors (Lipinski definition) is 5. The van der Waals surface area contributed by atoms with Crippen molar-refractivity contribution in [2.75, 3.05) is 13.2 Å². The summed E-state index contributed by atoms with van der Waals surface area (Å²) in [6.07, 6.45) is 75.2. The van der Waals surface area contributed by atoms with Crippen LogP contribution in [-0.2, 0) is 14.3 Å². The molecule has 72 heavy (non-hydrogen) atoms. The Bertz CT molecular complexity index is 1080. The van der Waals surface area contributed by atoms with Crippen molar-refractivity contribution >= 4 is 11.9 Å². The second-order valence-corrected chi connectivity index (χ2v) is 22.8. The molecule has 0 aromatic heterocycles. The Balaban J connectivity index is 3.37. The van der Waals surface area contributed by atoms with Crippen LogP contribution in [0.1, 0.15) is 373 Å². The topological polar surface area (TPSA) is 95.9 Å². The zero-order valence-corrected chi connectivity index (χ0v) is 48.9. The summed E-state index contributed by atoms with van der Waals surface area (Å²) in [5, 5.41) is 23.4. The van der Waals surface area contributed by atoms with Crippen LogP contribution in [0.5, 0.6) is 0 Å². The average Bonchev–Trinajstić information content (AvgIpc) is 3.38. The summed E-state index contributed by atoms with van der Waals surface area (Å²) < 4.78 is 5.46. The van der Waals surface area contributed by atoms with Gasteiger partial charge in [-0.1, -0.05) is 328 Å². The highest BCUT2D eigenvalue weighted by Gasteiger charge is 2.20. The third-order valence-corrected chi connectivity index (χ3v) is 15.6. The first-order valence-electron chi connectivity index (χ1n) is 32.9. The van der Waals surface area contributed by atoms with Gasteiger partial charge in [-0.2, -0.15) is 0 Å². The van der Waals surface area contributed by atoms with Crippen molar-refractivity contribution in [2.45, 2.75) is 386 Å². The fourth-order valence-corrected chi connectivity index (χ4v) is 10.5. The Labute approximate surface area is 450 Å². The van der Waals surface area contributed by atoms with E-state index in [9.17, 15) is 19.8 Å². The minimum absolute atomic E-state index is 0.00517. The highest BCUT2D eigenvalue weighted by molar-refractivity contribution is 5.76. The van der Waals surface area contributed by atoms with Crippen LogP contribution in [0.15, 0.2) is 12.2 Å². The van der Waals surface area contributed by atoms with E-state index < -0.39 is 12.1 Å². The molecule has 0 heterocycles. The molecule has 0 spiro atoms. The Morgan fingerprint density at radius 1 is 0.375 bits per heavy atom. The first-order valence-corrected chi connectivity index (χ1v) is 32.9. The third kappa shape index (κ3) is 57.9.